The standard InChI is InChI=1S/C51H98O6/c1-6-9-10-11-12-13-14-15-16-17-18-19-20-21-22-23-24-31-36-41-49(52)55-44-48(57-51(54)43-38-33-28-26-30-35-40-47(5)8-3)45-56-50(53)42-37-32-27-25-29-34-39-46(4)7-2/h46-48H,6-45H2,1-5H3/t46?,47?,48-/m0/s1. The summed E-state index contributed by atoms with van der Waals surface area (Å²) in [4.78, 5) is 37.8. The predicted molar refractivity (Wildman–Crippen MR) is 243 cm³/mol. The average molecular weight is 807 g/mol. The molecule has 0 aromatic carbocycles. The third kappa shape index (κ3) is 42.3. The van der Waals surface area contributed by atoms with Crippen molar-refractivity contribution < 1.29 is 28.6 Å². The number of ether oxygens (including phenoxy) is 3. The third-order valence-electron chi connectivity index (χ3n) is 12.2. The molecular weight excluding hydrogens is 709 g/mol. The molecule has 338 valence electrons. The maximum Gasteiger partial charge on any atom is 0.306 e. The van der Waals surface area contributed by atoms with E-state index >= 15 is 0 Å². The zero-order valence-electron chi connectivity index (χ0n) is 39.0. The summed E-state index contributed by atoms with van der Waals surface area (Å²) >= 11 is 0. The lowest BCUT2D eigenvalue weighted by atomic mass is 10.00. The Hall–Kier alpha value is -1.59. The molecule has 0 aliphatic carbocycles. The predicted octanol–water partition coefficient (Wildman–Crippen LogP) is 16.1. The highest BCUT2D eigenvalue weighted by atomic mass is 16.6. The molecule has 0 aromatic rings. The van der Waals surface area contributed by atoms with Crippen molar-refractivity contribution in [1.29, 1.82) is 0 Å². The van der Waals surface area contributed by atoms with Crippen LogP contribution in [0.4, 0.5) is 0 Å². The van der Waals surface area contributed by atoms with Crippen molar-refractivity contribution in [3.05, 3.63) is 0 Å². The van der Waals surface area contributed by atoms with Crippen molar-refractivity contribution in [2.75, 3.05) is 13.2 Å². The minimum Gasteiger partial charge on any atom is -0.462 e. The van der Waals surface area contributed by atoms with Gasteiger partial charge in [-0.05, 0) is 31.1 Å². The molecule has 57 heavy (non-hydrogen) atoms. The van der Waals surface area contributed by atoms with Gasteiger partial charge in [0.15, 0.2) is 6.10 Å². The molecule has 0 aromatic heterocycles. The molecule has 0 rings (SSSR count). The van der Waals surface area contributed by atoms with Gasteiger partial charge >= 0.3 is 17.9 Å². The summed E-state index contributed by atoms with van der Waals surface area (Å²) in [6.07, 6.45) is 43.9. The Balaban J connectivity index is 4.22. The van der Waals surface area contributed by atoms with Crippen molar-refractivity contribution in [2.24, 2.45) is 11.8 Å². The SMILES string of the molecule is CCCCCCCCCCCCCCCCCCCCCC(=O)OC[C@@H](COC(=O)CCCCCCCCC(C)CC)OC(=O)CCCCCCCCC(C)CC. The van der Waals surface area contributed by atoms with E-state index in [4.69, 9.17) is 14.2 Å². The van der Waals surface area contributed by atoms with Crippen molar-refractivity contribution in [1.82, 2.24) is 0 Å². The highest BCUT2D eigenvalue weighted by Gasteiger charge is 2.19. The summed E-state index contributed by atoms with van der Waals surface area (Å²) in [6.45, 7) is 11.3. The molecule has 0 N–H and O–H groups in total. The molecule has 0 fully saturated rings. The van der Waals surface area contributed by atoms with Crippen LogP contribution in [0, 0.1) is 11.8 Å². The Bertz CT molecular complexity index is 874. The van der Waals surface area contributed by atoms with Gasteiger partial charge in [-0.2, -0.15) is 0 Å². The van der Waals surface area contributed by atoms with Crippen molar-refractivity contribution in [3.63, 3.8) is 0 Å². The van der Waals surface area contributed by atoms with Crippen molar-refractivity contribution >= 4 is 17.9 Å². The first-order chi connectivity index (χ1) is 27.8. The normalized spacial score (nSPS) is 13.0. The summed E-state index contributed by atoms with van der Waals surface area (Å²) in [5, 5.41) is 0. The van der Waals surface area contributed by atoms with E-state index in [0.717, 1.165) is 69.6 Å². The molecule has 0 heterocycles. The molecule has 6 heteroatoms. The van der Waals surface area contributed by atoms with Gasteiger partial charge in [-0.25, -0.2) is 0 Å². The Kier molecular flexibility index (Phi) is 42.7. The van der Waals surface area contributed by atoms with Crippen LogP contribution in [-0.2, 0) is 28.6 Å². The van der Waals surface area contributed by atoms with Gasteiger partial charge in [0.1, 0.15) is 13.2 Å². The number of rotatable bonds is 45. The lowest BCUT2D eigenvalue weighted by Gasteiger charge is -2.18. The number of carbonyl (C=O) groups is 3. The largest absolute Gasteiger partial charge is 0.462 e. The van der Waals surface area contributed by atoms with Crippen LogP contribution >= 0.6 is 0 Å². The summed E-state index contributed by atoms with van der Waals surface area (Å²) in [6, 6.07) is 0. The Labute approximate surface area is 355 Å². The first-order valence-corrected chi connectivity index (χ1v) is 25.3. The van der Waals surface area contributed by atoms with Crippen molar-refractivity contribution in [2.45, 2.75) is 285 Å². The van der Waals surface area contributed by atoms with E-state index in [1.54, 1.807) is 0 Å². The van der Waals surface area contributed by atoms with Gasteiger partial charge in [-0.3, -0.25) is 14.4 Å². The Morgan fingerprint density at radius 3 is 0.912 bits per heavy atom. The summed E-state index contributed by atoms with van der Waals surface area (Å²) in [5.74, 6) is 0.766. The molecule has 0 saturated heterocycles. The van der Waals surface area contributed by atoms with Crippen molar-refractivity contribution in [3.8, 4) is 0 Å². The molecule has 0 aliphatic rings. The molecular formula is C51H98O6. The molecule has 0 bridgehead atoms. The molecule has 0 saturated carbocycles. The first kappa shape index (κ1) is 55.4. The lowest BCUT2D eigenvalue weighted by molar-refractivity contribution is -0.167. The number of hydrogen-bond acceptors (Lipinski definition) is 6. The van der Waals surface area contributed by atoms with E-state index in [9.17, 15) is 14.4 Å². The molecule has 6 nitrogen and oxygen atoms in total. The quantitative estimate of drug-likeness (QED) is 0.0346. The van der Waals surface area contributed by atoms with Gasteiger partial charge in [0, 0.05) is 19.3 Å². The Morgan fingerprint density at radius 1 is 0.351 bits per heavy atom. The maximum absolute atomic E-state index is 12.7. The first-order valence-electron chi connectivity index (χ1n) is 25.3. The third-order valence-corrected chi connectivity index (χ3v) is 12.2. The highest BCUT2D eigenvalue weighted by Crippen LogP contribution is 2.18. The molecule has 0 spiro atoms. The second-order valence-corrected chi connectivity index (χ2v) is 17.9. The van der Waals surface area contributed by atoms with E-state index in [-0.39, 0.29) is 31.1 Å². The van der Waals surface area contributed by atoms with Gasteiger partial charge in [-0.15, -0.1) is 0 Å². The van der Waals surface area contributed by atoms with Crippen LogP contribution < -0.4 is 0 Å². The monoisotopic (exact) mass is 807 g/mol. The second kappa shape index (κ2) is 44.0. The fourth-order valence-electron chi connectivity index (χ4n) is 7.57. The van der Waals surface area contributed by atoms with E-state index in [2.05, 4.69) is 34.6 Å². The van der Waals surface area contributed by atoms with Crippen LogP contribution in [-0.4, -0.2) is 37.2 Å². The van der Waals surface area contributed by atoms with E-state index in [1.165, 1.54) is 167 Å². The van der Waals surface area contributed by atoms with Crippen LogP contribution in [0.15, 0.2) is 0 Å². The molecule has 0 radical (unpaired) electrons. The van der Waals surface area contributed by atoms with E-state index < -0.39 is 6.10 Å². The number of esters is 3. The summed E-state index contributed by atoms with van der Waals surface area (Å²) in [5.41, 5.74) is 0. The van der Waals surface area contributed by atoms with Gasteiger partial charge in [0.05, 0.1) is 0 Å². The zero-order valence-corrected chi connectivity index (χ0v) is 39.0. The molecule has 3 atom stereocenters. The van der Waals surface area contributed by atoms with Crippen LogP contribution in [0.1, 0.15) is 279 Å². The lowest BCUT2D eigenvalue weighted by Crippen LogP contribution is -2.30. The minimum atomic E-state index is -0.762. The average Bonchev–Trinajstić information content (AvgIpc) is 3.21. The van der Waals surface area contributed by atoms with Crippen LogP contribution in [0.5, 0.6) is 0 Å². The van der Waals surface area contributed by atoms with Gasteiger partial charge in [-0.1, -0.05) is 240 Å². The van der Waals surface area contributed by atoms with E-state index in [0.29, 0.717) is 19.3 Å². The number of hydrogen-bond donors (Lipinski definition) is 0. The minimum absolute atomic E-state index is 0.0657. The topological polar surface area (TPSA) is 78.9 Å². The van der Waals surface area contributed by atoms with Gasteiger partial charge < -0.3 is 14.2 Å². The van der Waals surface area contributed by atoms with Gasteiger partial charge in [0.2, 0.25) is 0 Å². The summed E-state index contributed by atoms with van der Waals surface area (Å²) < 4.78 is 16.8. The maximum atomic E-state index is 12.7. The highest BCUT2D eigenvalue weighted by molar-refractivity contribution is 5.71. The van der Waals surface area contributed by atoms with Crippen LogP contribution in [0.2, 0.25) is 0 Å². The van der Waals surface area contributed by atoms with Gasteiger partial charge in [0.25, 0.3) is 0 Å². The molecule has 0 aliphatic heterocycles. The Morgan fingerprint density at radius 2 is 0.614 bits per heavy atom. The van der Waals surface area contributed by atoms with E-state index in [1.807, 2.05) is 0 Å². The second-order valence-electron chi connectivity index (χ2n) is 17.9. The van der Waals surface area contributed by atoms with Crippen LogP contribution in [0.25, 0.3) is 0 Å². The zero-order chi connectivity index (χ0) is 41.9. The summed E-state index contributed by atoms with van der Waals surface area (Å²) in [7, 11) is 0. The fraction of sp³-hybridized carbons (Fsp3) is 0.941. The smallest absolute Gasteiger partial charge is 0.306 e. The molecule has 2 unspecified atom stereocenters. The molecule has 0 amide bonds. The fourth-order valence-corrected chi connectivity index (χ4v) is 7.57. The van der Waals surface area contributed by atoms with Crippen LogP contribution in [0.3, 0.4) is 0 Å². The number of unbranched alkanes of at least 4 members (excludes halogenated alkanes) is 28. The number of carbonyl (C=O) groups excluding carboxylic acids is 3.